The topological polar surface area (TPSA) is 55.1 Å². The van der Waals surface area contributed by atoms with E-state index in [0.29, 0.717) is 17.5 Å². The van der Waals surface area contributed by atoms with Gasteiger partial charge in [0.1, 0.15) is 0 Å². The van der Waals surface area contributed by atoms with Crippen LogP contribution in [-0.2, 0) is 6.54 Å². The average Bonchev–Trinajstić information content (AvgIpc) is 3.05. The molecule has 0 radical (unpaired) electrons. The lowest BCUT2D eigenvalue weighted by atomic mass is 10.1. The van der Waals surface area contributed by atoms with Gasteiger partial charge in [0.25, 0.3) is 5.91 Å². The molecule has 1 aliphatic rings. The van der Waals surface area contributed by atoms with E-state index in [1.54, 1.807) is 0 Å². The van der Waals surface area contributed by atoms with Crippen molar-refractivity contribution >= 4 is 5.91 Å². The fourth-order valence-electron chi connectivity index (χ4n) is 1.58. The summed E-state index contributed by atoms with van der Waals surface area (Å²) in [5.41, 5.74) is 7.61. The number of carbonyl (C=O) groups excluding carboxylic acids is 1. The molecule has 3 heteroatoms. The van der Waals surface area contributed by atoms with Gasteiger partial charge in [0, 0.05) is 18.7 Å². The van der Waals surface area contributed by atoms with Crippen molar-refractivity contribution in [1.82, 2.24) is 5.32 Å². The highest BCUT2D eigenvalue weighted by Gasteiger charge is 2.37. The van der Waals surface area contributed by atoms with E-state index >= 15 is 0 Å². The lowest BCUT2D eigenvalue weighted by molar-refractivity contribution is 0.0946. The summed E-state index contributed by atoms with van der Waals surface area (Å²) in [5, 5.41) is 2.97. The number of hydrogen-bond acceptors (Lipinski definition) is 2. The van der Waals surface area contributed by atoms with Gasteiger partial charge >= 0.3 is 0 Å². The number of benzene rings is 1. The Bertz CT molecular complexity index is 379. The second kappa shape index (κ2) is 4.26. The van der Waals surface area contributed by atoms with Crippen LogP contribution >= 0.6 is 0 Å². The van der Waals surface area contributed by atoms with Gasteiger partial charge in [-0.15, -0.1) is 0 Å². The van der Waals surface area contributed by atoms with Crippen molar-refractivity contribution in [1.29, 1.82) is 0 Å². The molecule has 0 unspecified atom stereocenters. The summed E-state index contributed by atoms with van der Waals surface area (Å²) in [6.45, 7) is 3.50. The van der Waals surface area contributed by atoms with Crippen molar-refractivity contribution in [3.63, 3.8) is 0 Å². The first kappa shape index (κ1) is 11.1. The summed E-state index contributed by atoms with van der Waals surface area (Å²) in [6, 6.07) is 7.45. The SMILES string of the molecule is CC1(CNC(=O)c2ccc(CN)cc2)CC1. The van der Waals surface area contributed by atoms with Gasteiger partial charge in [0.05, 0.1) is 0 Å². The second-order valence-corrected chi connectivity index (χ2v) is 4.89. The molecule has 16 heavy (non-hydrogen) atoms. The lowest BCUT2D eigenvalue weighted by Crippen LogP contribution is -2.28. The van der Waals surface area contributed by atoms with E-state index in [4.69, 9.17) is 5.73 Å². The second-order valence-electron chi connectivity index (χ2n) is 4.89. The zero-order valence-corrected chi connectivity index (χ0v) is 9.62. The molecule has 3 N–H and O–H groups in total. The van der Waals surface area contributed by atoms with Crippen molar-refractivity contribution in [2.24, 2.45) is 11.1 Å². The molecule has 1 aromatic rings. The van der Waals surface area contributed by atoms with Crippen molar-refractivity contribution in [2.75, 3.05) is 6.54 Å². The predicted octanol–water partition coefficient (Wildman–Crippen LogP) is 1.68. The number of nitrogens with two attached hydrogens (primary N) is 1. The summed E-state index contributed by atoms with van der Waals surface area (Å²) >= 11 is 0. The monoisotopic (exact) mass is 218 g/mol. The Morgan fingerprint density at radius 2 is 2.00 bits per heavy atom. The van der Waals surface area contributed by atoms with Crippen molar-refractivity contribution in [2.45, 2.75) is 26.3 Å². The van der Waals surface area contributed by atoms with E-state index in [9.17, 15) is 4.79 Å². The van der Waals surface area contributed by atoms with Gasteiger partial charge in [-0.2, -0.15) is 0 Å². The average molecular weight is 218 g/mol. The van der Waals surface area contributed by atoms with Crippen LogP contribution in [-0.4, -0.2) is 12.5 Å². The van der Waals surface area contributed by atoms with Crippen LogP contribution in [0.15, 0.2) is 24.3 Å². The van der Waals surface area contributed by atoms with Crippen LogP contribution in [0.3, 0.4) is 0 Å². The fraction of sp³-hybridized carbons (Fsp3) is 0.462. The highest BCUT2D eigenvalue weighted by molar-refractivity contribution is 5.94. The zero-order chi connectivity index (χ0) is 11.6. The van der Waals surface area contributed by atoms with Crippen LogP contribution in [0, 0.1) is 5.41 Å². The quantitative estimate of drug-likeness (QED) is 0.807. The standard InChI is InChI=1S/C13H18N2O/c1-13(6-7-13)9-15-12(16)11-4-2-10(8-14)3-5-11/h2-5H,6-9,14H2,1H3,(H,15,16). The smallest absolute Gasteiger partial charge is 0.251 e. The fourth-order valence-corrected chi connectivity index (χ4v) is 1.58. The summed E-state index contributed by atoms with van der Waals surface area (Å²) < 4.78 is 0. The predicted molar refractivity (Wildman–Crippen MR) is 64.0 cm³/mol. The molecule has 1 fully saturated rings. The third-order valence-electron chi connectivity index (χ3n) is 3.23. The number of rotatable bonds is 4. The van der Waals surface area contributed by atoms with E-state index in [2.05, 4.69) is 12.2 Å². The molecule has 0 aliphatic heterocycles. The molecular formula is C13H18N2O. The lowest BCUT2D eigenvalue weighted by Gasteiger charge is -2.10. The van der Waals surface area contributed by atoms with Gasteiger partial charge in [-0.05, 0) is 36.0 Å². The Kier molecular flexibility index (Phi) is 2.97. The minimum absolute atomic E-state index is 0.0108. The van der Waals surface area contributed by atoms with Crippen LogP contribution in [0.2, 0.25) is 0 Å². The normalized spacial score (nSPS) is 16.9. The summed E-state index contributed by atoms with van der Waals surface area (Å²) in [5.74, 6) is 0.0108. The first-order chi connectivity index (χ1) is 7.63. The van der Waals surface area contributed by atoms with Crippen LogP contribution in [0.5, 0.6) is 0 Å². The molecule has 2 rings (SSSR count). The Labute approximate surface area is 96.0 Å². The van der Waals surface area contributed by atoms with E-state index < -0.39 is 0 Å². The number of amides is 1. The molecular weight excluding hydrogens is 200 g/mol. The maximum Gasteiger partial charge on any atom is 0.251 e. The maximum atomic E-state index is 11.8. The summed E-state index contributed by atoms with van der Waals surface area (Å²) in [4.78, 5) is 11.8. The minimum Gasteiger partial charge on any atom is -0.351 e. The summed E-state index contributed by atoms with van der Waals surface area (Å²) in [7, 11) is 0. The molecule has 86 valence electrons. The highest BCUT2D eigenvalue weighted by Crippen LogP contribution is 2.44. The molecule has 3 nitrogen and oxygen atoms in total. The number of nitrogens with one attached hydrogen (secondary N) is 1. The Morgan fingerprint density at radius 3 is 2.50 bits per heavy atom. The maximum absolute atomic E-state index is 11.8. The van der Waals surface area contributed by atoms with Crippen molar-refractivity contribution in [3.8, 4) is 0 Å². The molecule has 1 aliphatic carbocycles. The number of hydrogen-bond donors (Lipinski definition) is 2. The third-order valence-corrected chi connectivity index (χ3v) is 3.23. The van der Waals surface area contributed by atoms with Crippen LogP contribution in [0.25, 0.3) is 0 Å². The zero-order valence-electron chi connectivity index (χ0n) is 9.62. The van der Waals surface area contributed by atoms with Gasteiger partial charge in [-0.1, -0.05) is 19.1 Å². The molecule has 0 atom stereocenters. The van der Waals surface area contributed by atoms with E-state index in [0.717, 1.165) is 12.1 Å². The van der Waals surface area contributed by atoms with Crippen molar-refractivity contribution < 1.29 is 4.79 Å². The summed E-state index contributed by atoms with van der Waals surface area (Å²) in [6.07, 6.45) is 2.44. The molecule has 1 saturated carbocycles. The molecule has 0 heterocycles. The van der Waals surface area contributed by atoms with Gasteiger partial charge in [0.15, 0.2) is 0 Å². The Hall–Kier alpha value is -1.35. The number of carbonyl (C=O) groups is 1. The molecule has 0 spiro atoms. The molecule has 1 amide bonds. The first-order valence-corrected chi connectivity index (χ1v) is 5.70. The van der Waals surface area contributed by atoms with Gasteiger partial charge in [0.2, 0.25) is 0 Å². The first-order valence-electron chi connectivity index (χ1n) is 5.70. The van der Waals surface area contributed by atoms with Gasteiger partial charge in [-0.3, -0.25) is 4.79 Å². The largest absolute Gasteiger partial charge is 0.351 e. The minimum atomic E-state index is 0.0108. The molecule has 0 saturated heterocycles. The Balaban J connectivity index is 1.92. The third kappa shape index (κ3) is 2.61. The van der Waals surface area contributed by atoms with Crippen LogP contribution < -0.4 is 11.1 Å². The highest BCUT2D eigenvalue weighted by atomic mass is 16.1. The van der Waals surface area contributed by atoms with Crippen LogP contribution in [0.1, 0.15) is 35.7 Å². The van der Waals surface area contributed by atoms with Gasteiger partial charge < -0.3 is 11.1 Å². The van der Waals surface area contributed by atoms with E-state index in [1.807, 2.05) is 24.3 Å². The molecule has 0 aromatic heterocycles. The van der Waals surface area contributed by atoms with Crippen molar-refractivity contribution in [3.05, 3.63) is 35.4 Å². The van der Waals surface area contributed by atoms with Crippen LogP contribution in [0.4, 0.5) is 0 Å². The molecule has 1 aromatic carbocycles. The molecule has 0 bridgehead atoms. The van der Waals surface area contributed by atoms with Gasteiger partial charge in [-0.25, -0.2) is 0 Å². The van der Waals surface area contributed by atoms with E-state index in [-0.39, 0.29) is 5.91 Å². The van der Waals surface area contributed by atoms with E-state index in [1.165, 1.54) is 12.8 Å². The Morgan fingerprint density at radius 1 is 1.38 bits per heavy atom.